The van der Waals surface area contributed by atoms with E-state index in [9.17, 15) is 16.4 Å². The molecule has 0 aliphatic carbocycles. The highest BCUT2D eigenvalue weighted by molar-refractivity contribution is 7.00. The molecule has 0 fully saturated rings. The minimum atomic E-state index is -0.724. The summed E-state index contributed by atoms with van der Waals surface area (Å²) in [5.41, 5.74) is 17.0. The van der Waals surface area contributed by atoms with Crippen LogP contribution >= 0.6 is 0 Å². The second-order valence-corrected chi connectivity index (χ2v) is 29.3. The molecular weight excluding hydrogens is 1170 g/mol. The summed E-state index contributed by atoms with van der Waals surface area (Å²) in [4.78, 5) is 4.65. The van der Waals surface area contributed by atoms with Crippen molar-refractivity contribution in [2.45, 2.75) is 80.6 Å². The molecule has 5 heteroatoms. The van der Waals surface area contributed by atoms with Crippen molar-refractivity contribution in [1.29, 1.82) is 0 Å². The first-order valence-corrected chi connectivity index (χ1v) is 33.3. The molecule has 4 nitrogen and oxygen atoms in total. The Morgan fingerprint density at radius 1 is 0.320 bits per heavy atom. The molecule has 0 atom stereocenters. The Balaban J connectivity index is 1.09. The van der Waals surface area contributed by atoms with Crippen LogP contribution < -0.4 is 26.2 Å². The molecule has 0 unspecified atom stereocenters. The van der Waals surface area contributed by atoms with Gasteiger partial charge in [-0.1, -0.05) is 268 Å². The van der Waals surface area contributed by atoms with Crippen LogP contribution in [-0.2, 0) is 18.3 Å². The fourth-order valence-electron chi connectivity index (χ4n) is 15.1. The van der Waals surface area contributed by atoms with Gasteiger partial charge in [0.2, 0.25) is 0 Å². The molecule has 0 radical (unpaired) electrons. The van der Waals surface area contributed by atoms with Crippen molar-refractivity contribution in [2.24, 2.45) is 10.8 Å². The first-order chi connectivity index (χ1) is 53.6. The summed E-state index contributed by atoms with van der Waals surface area (Å²) >= 11 is 0. The van der Waals surface area contributed by atoms with Gasteiger partial charge in [-0.3, -0.25) is 0 Å². The van der Waals surface area contributed by atoms with Crippen LogP contribution in [0.5, 0.6) is 0 Å². The third-order valence-electron chi connectivity index (χ3n) is 19.2. The molecule has 0 spiro atoms. The Bertz CT molecular complexity index is 6040. The molecule has 97 heavy (non-hydrogen) atoms. The Labute approximate surface area is 593 Å². The van der Waals surface area contributed by atoms with E-state index in [2.05, 4.69) is 157 Å². The standard InChI is InChI=1S/C92H79BN4/c1-90(2,3)58-64-50-75(62-34-18-12-19-35-62)83(56-73(64)60-30-14-10-15-31-60)96-85-54-67(94-79-42-26-22-38-69(79)70-39-23-27-43-80(70)94)46-48-77(85)93-78-49-47-68(95-81-44-28-24-40-71(81)72-41-25-29-45-82(72)95)55-86(78)97(88-53-66(92(7,8)9)52-87(96)89(88)93)84-57-74(61-32-16-11-17-33-61)65(59-91(4,5)6)51-76(84)63-36-20-13-21-37-63/h10-57H,58-59H2,1-9H3/i22D,23D,24D,25D,26D,27D,28D,29D,38D,39D,40D,41D,42D,43D,44D,45D. The SMILES string of the molecule is [2H]c1c([2H])c([2H])c2c(c1[2H])c1c([2H])c([2H])c([2H])c([2H])c1n2-c1ccc2c(c1)N(c1cc(-c3ccccc3)c(CC(C)(C)C)cc1-c1ccccc1)c1cc(C(C)(C)C)cc3c1B2c1ccc(-n2c4c([2H])c([2H])c([2H])c([2H])c4c4c([2H])c([2H])c([2H])c([2H])c42)cc1N3c1cc(-c2ccccc2)c(CC(C)(C)C)cc1-c1ccccc1. The number of hydrogen-bond donors (Lipinski definition) is 0. The van der Waals surface area contributed by atoms with E-state index < -0.39 is 109 Å². The van der Waals surface area contributed by atoms with Crippen LogP contribution in [0.2, 0.25) is 0 Å². The number of fused-ring (bicyclic) bond motifs is 10. The number of para-hydroxylation sites is 4. The maximum Gasteiger partial charge on any atom is 0.252 e. The van der Waals surface area contributed by atoms with E-state index in [-0.39, 0.29) is 54.4 Å². The average molecular weight is 1270 g/mol. The molecule has 0 N–H and O–H groups in total. The fourth-order valence-corrected chi connectivity index (χ4v) is 15.1. The van der Waals surface area contributed by atoms with Crippen molar-refractivity contribution in [3.8, 4) is 55.9 Å². The zero-order valence-corrected chi connectivity index (χ0v) is 55.8. The number of anilines is 6. The van der Waals surface area contributed by atoms with Gasteiger partial charge in [-0.05, 0) is 180 Å². The molecule has 0 bridgehead atoms. The highest BCUT2D eigenvalue weighted by Gasteiger charge is 2.46. The van der Waals surface area contributed by atoms with E-state index in [1.165, 1.54) is 0 Å². The van der Waals surface area contributed by atoms with E-state index in [1.54, 1.807) is 9.13 Å². The molecule has 15 aromatic rings. The van der Waals surface area contributed by atoms with Crippen LogP contribution in [0.4, 0.5) is 34.1 Å². The fraction of sp³-hybridized carbons (Fsp3) is 0.152. The van der Waals surface area contributed by atoms with Gasteiger partial charge in [0.25, 0.3) is 6.71 Å². The summed E-state index contributed by atoms with van der Waals surface area (Å²) in [6.45, 7) is 19.3. The summed E-state index contributed by atoms with van der Waals surface area (Å²) in [5.74, 6) is 0. The van der Waals surface area contributed by atoms with Gasteiger partial charge >= 0.3 is 0 Å². The average Bonchev–Trinajstić information content (AvgIpc) is 1.09. The molecule has 2 aliphatic heterocycles. The molecule has 0 amide bonds. The predicted octanol–water partition coefficient (Wildman–Crippen LogP) is 23.1. The van der Waals surface area contributed by atoms with E-state index >= 15 is 0 Å². The van der Waals surface area contributed by atoms with Gasteiger partial charge in [0.05, 0.1) is 55.4 Å². The minimum Gasteiger partial charge on any atom is -0.311 e. The molecule has 4 heterocycles. The van der Waals surface area contributed by atoms with Crippen molar-refractivity contribution in [2.75, 3.05) is 9.80 Å². The van der Waals surface area contributed by atoms with Crippen molar-refractivity contribution < 1.29 is 21.9 Å². The minimum absolute atomic E-state index is 0.0375. The predicted molar refractivity (Wildman–Crippen MR) is 416 cm³/mol. The van der Waals surface area contributed by atoms with Crippen LogP contribution in [-0.4, -0.2) is 15.8 Å². The van der Waals surface area contributed by atoms with E-state index in [0.717, 1.165) is 100 Å². The first kappa shape index (κ1) is 44.7. The molecule has 470 valence electrons. The molecule has 0 saturated heterocycles. The first-order valence-electron chi connectivity index (χ1n) is 41.3. The Morgan fingerprint density at radius 2 is 0.639 bits per heavy atom. The highest BCUT2D eigenvalue weighted by atomic mass is 15.2. The lowest BCUT2D eigenvalue weighted by atomic mass is 9.33. The Kier molecular flexibility index (Phi) is 10.6. The van der Waals surface area contributed by atoms with Crippen LogP contribution in [0.3, 0.4) is 0 Å². The highest BCUT2D eigenvalue weighted by Crippen LogP contribution is 2.53. The van der Waals surface area contributed by atoms with Gasteiger partial charge in [0.15, 0.2) is 0 Å². The maximum absolute atomic E-state index is 9.82. The second kappa shape index (κ2) is 22.9. The molecule has 13 aromatic carbocycles. The lowest BCUT2D eigenvalue weighted by Crippen LogP contribution is -2.61. The summed E-state index contributed by atoms with van der Waals surface area (Å²) in [6, 6.07) is 58.9. The lowest BCUT2D eigenvalue weighted by Gasteiger charge is -2.46. The summed E-state index contributed by atoms with van der Waals surface area (Å²) in [5, 5.41) is -0.245. The van der Waals surface area contributed by atoms with Crippen LogP contribution in [0, 0.1) is 10.8 Å². The third kappa shape index (κ3) is 10.3. The largest absolute Gasteiger partial charge is 0.311 e. The van der Waals surface area contributed by atoms with Crippen molar-refractivity contribution in [3.63, 3.8) is 0 Å². The molecule has 0 saturated carbocycles. The zero-order valence-electron chi connectivity index (χ0n) is 71.8. The van der Waals surface area contributed by atoms with Crippen molar-refractivity contribution in [3.05, 3.63) is 307 Å². The normalized spacial score (nSPS) is 15.3. The molecular formula is C92H79BN4. The van der Waals surface area contributed by atoms with Crippen LogP contribution in [0.15, 0.2) is 291 Å². The number of aromatic nitrogens is 2. The van der Waals surface area contributed by atoms with E-state index in [4.69, 9.17) is 5.48 Å². The van der Waals surface area contributed by atoms with Gasteiger partial charge < -0.3 is 18.9 Å². The van der Waals surface area contributed by atoms with Crippen LogP contribution in [0.1, 0.15) is 101 Å². The molecule has 2 aromatic heterocycles. The number of benzene rings is 13. The quantitative estimate of drug-likeness (QED) is 0.127. The topological polar surface area (TPSA) is 16.3 Å². The smallest absolute Gasteiger partial charge is 0.252 e. The van der Waals surface area contributed by atoms with E-state index in [1.807, 2.05) is 109 Å². The summed E-state index contributed by atoms with van der Waals surface area (Å²) in [6.07, 6.45) is 1.38. The lowest BCUT2D eigenvalue weighted by molar-refractivity contribution is 0.411. The van der Waals surface area contributed by atoms with Crippen molar-refractivity contribution in [1.82, 2.24) is 9.13 Å². The maximum atomic E-state index is 9.82. The second-order valence-electron chi connectivity index (χ2n) is 29.3. The van der Waals surface area contributed by atoms with Gasteiger partial charge in [0, 0.05) is 66.8 Å². The van der Waals surface area contributed by atoms with Crippen LogP contribution in [0.25, 0.3) is 99.5 Å². The third-order valence-corrected chi connectivity index (χ3v) is 19.2. The number of hydrogen-bond acceptors (Lipinski definition) is 2. The van der Waals surface area contributed by atoms with Gasteiger partial charge in [0.1, 0.15) is 0 Å². The number of rotatable bonds is 10. The zero-order chi connectivity index (χ0) is 80.0. The monoisotopic (exact) mass is 1270 g/mol. The van der Waals surface area contributed by atoms with Gasteiger partial charge in [-0.2, -0.15) is 0 Å². The van der Waals surface area contributed by atoms with Crippen molar-refractivity contribution >= 4 is 101 Å². The Hall–Kier alpha value is -10.9. The summed E-state index contributed by atoms with van der Waals surface area (Å²) < 4.78 is 154. The summed E-state index contributed by atoms with van der Waals surface area (Å²) in [7, 11) is 0. The van der Waals surface area contributed by atoms with Gasteiger partial charge in [-0.15, -0.1) is 0 Å². The molecule has 17 rings (SSSR count). The number of nitrogens with zero attached hydrogens (tertiary/aromatic N) is 4. The molecule has 2 aliphatic rings. The Morgan fingerprint density at radius 3 is 0.959 bits per heavy atom. The van der Waals surface area contributed by atoms with E-state index in [0.29, 0.717) is 35.6 Å². The van der Waals surface area contributed by atoms with Gasteiger partial charge in [-0.25, -0.2) is 0 Å².